The second kappa shape index (κ2) is 10.8. The smallest absolute Gasteiger partial charge is 0.251 e. The average molecular weight is 308 g/mol. The molecule has 0 fully saturated rings. The van der Waals surface area contributed by atoms with Crippen LogP contribution < -0.4 is 16.8 Å². The summed E-state index contributed by atoms with van der Waals surface area (Å²) in [4.78, 5) is 11.7. The van der Waals surface area contributed by atoms with Gasteiger partial charge in [-0.2, -0.15) is 0 Å². The van der Waals surface area contributed by atoms with Gasteiger partial charge in [0.25, 0.3) is 5.91 Å². The van der Waals surface area contributed by atoms with Crippen LogP contribution in [0, 0.1) is 0 Å². The van der Waals surface area contributed by atoms with Crippen LogP contribution in [0.2, 0.25) is 0 Å². The Hall–Kier alpha value is -1.13. The number of nitrogens with one attached hydrogen (secondary N) is 1. The lowest BCUT2D eigenvalue weighted by molar-refractivity contribution is 0.0953. The molecule has 1 amide bonds. The fourth-order valence-electron chi connectivity index (χ4n) is 1.57. The standard InChI is InChI=1S/C13H21N3O.2ClH/c1-2-3-4-5-8-16-13(17)10-6-7-11(14)12(15)9-10;;/h6-7,9H,2-5,8,14-15H2,1H3,(H,16,17);2*1H. The number of hydrogen-bond donors (Lipinski definition) is 3. The van der Waals surface area contributed by atoms with Crippen molar-refractivity contribution in [1.82, 2.24) is 5.32 Å². The van der Waals surface area contributed by atoms with Crippen LogP contribution in [0.4, 0.5) is 11.4 Å². The SMILES string of the molecule is CCCCCCNC(=O)c1ccc(N)c(N)c1.Cl.Cl. The molecule has 19 heavy (non-hydrogen) atoms. The van der Waals surface area contributed by atoms with Crippen LogP contribution in [-0.2, 0) is 0 Å². The van der Waals surface area contributed by atoms with Gasteiger partial charge in [0.1, 0.15) is 0 Å². The zero-order chi connectivity index (χ0) is 12.7. The molecule has 0 unspecified atom stereocenters. The maximum atomic E-state index is 11.7. The molecule has 0 saturated carbocycles. The highest BCUT2D eigenvalue weighted by molar-refractivity contribution is 5.95. The number of hydrogen-bond acceptors (Lipinski definition) is 3. The number of unbranched alkanes of at least 4 members (excludes halogenated alkanes) is 3. The molecule has 5 N–H and O–H groups in total. The highest BCUT2D eigenvalue weighted by Crippen LogP contribution is 2.15. The van der Waals surface area contributed by atoms with Crippen molar-refractivity contribution in [2.45, 2.75) is 32.6 Å². The maximum absolute atomic E-state index is 11.7. The van der Waals surface area contributed by atoms with E-state index >= 15 is 0 Å². The van der Waals surface area contributed by atoms with Crippen LogP contribution in [0.15, 0.2) is 18.2 Å². The molecule has 110 valence electrons. The van der Waals surface area contributed by atoms with Crippen molar-refractivity contribution in [3.8, 4) is 0 Å². The van der Waals surface area contributed by atoms with Crippen LogP contribution in [0.1, 0.15) is 43.0 Å². The molecule has 0 aliphatic carbocycles. The van der Waals surface area contributed by atoms with Gasteiger partial charge in [-0.15, -0.1) is 24.8 Å². The molecule has 6 heteroatoms. The Kier molecular flexibility index (Phi) is 11.4. The second-order valence-corrected chi connectivity index (χ2v) is 4.16. The zero-order valence-corrected chi connectivity index (χ0v) is 12.8. The van der Waals surface area contributed by atoms with Gasteiger partial charge in [-0.3, -0.25) is 4.79 Å². The Balaban J connectivity index is 0. The molecular weight excluding hydrogens is 285 g/mol. The fourth-order valence-corrected chi connectivity index (χ4v) is 1.57. The first-order chi connectivity index (χ1) is 8.15. The summed E-state index contributed by atoms with van der Waals surface area (Å²) in [6.07, 6.45) is 4.58. The third kappa shape index (κ3) is 7.13. The van der Waals surface area contributed by atoms with Crippen molar-refractivity contribution in [2.24, 2.45) is 0 Å². The van der Waals surface area contributed by atoms with Gasteiger partial charge in [-0.05, 0) is 24.6 Å². The molecule has 0 aromatic heterocycles. The first-order valence-corrected chi connectivity index (χ1v) is 6.08. The van der Waals surface area contributed by atoms with E-state index in [1.54, 1.807) is 18.2 Å². The lowest BCUT2D eigenvalue weighted by atomic mass is 10.1. The van der Waals surface area contributed by atoms with Gasteiger partial charge in [0.15, 0.2) is 0 Å². The van der Waals surface area contributed by atoms with Crippen molar-refractivity contribution in [2.75, 3.05) is 18.0 Å². The predicted octanol–water partition coefficient (Wildman–Crippen LogP) is 3.00. The molecule has 4 nitrogen and oxygen atoms in total. The van der Waals surface area contributed by atoms with E-state index in [-0.39, 0.29) is 30.7 Å². The third-order valence-electron chi connectivity index (χ3n) is 2.66. The van der Waals surface area contributed by atoms with Crippen molar-refractivity contribution >= 4 is 42.1 Å². The Labute approximate surface area is 127 Å². The minimum Gasteiger partial charge on any atom is -0.397 e. The number of carbonyl (C=O) groups is 1. The monoisotopic (exact) mass is 307 g/mol. The van der Waals surface area contributed by atoms with E-state index < -0.39 is 0 Å². The fraction of sp³-hybridized carbons (Fsp3) is 0.462. The first-order valence-electron chi connectivity index (χ1n) is 6.08. The number of rotatable bonds is 6. The van der Waals surface area contributed by atoms with Gasteiger partial charge in [-0.25, -0.2) is 0 Å². The minimum absolute atomic E-state index is 0. The van der Waals surface area contributed by atoms with Gasteiger partial charge in [0, 0.05) is 12.1 Å². The number of benzene rings is 1. The quantitative estimate of drug-likeness (QED) is 0.558. The molecule has 0 aliphatic rings. The normalized spacial score (nSPS) is 9.11. The first kappa shape index (κ1) is 20.2. The minimum atomic E-state index is -0.0896. The number of nitrogen functional groups attached to an aromatic ring is 2. The van der Waals surface area contributed by atoms with Crippen LogP contribution in [-0.4, -0.2) is 12.5 Å². The Morgan fingerprint density at radius 2 is 1.79 bits per heavy atom. The number of nitrogens with two attached hydrogens (primary N) is 2. The lowest BCUT2D eigenvalue weighted by Crippen LogP contribution is -2.24. The Morgan fingerprint density at radius 3 is 2.37 bits per heavy atom. The van der Waals surface area contributed by atoms with Crippen LogP contribution >= 0.6 is 24.8 Å². The zero-order valence-electron chi connectivity index (χ0n) is 11.1. The van der Waals surface area contributed by atoms with Crippen LogP contribution in [0.3, 0.4) is 0 Å². The summed E-state index contributed by atoms with van der Waals surface area (Å²) in [5, 5.41) is 2.87. The Bertz CT molecular complexity index is 386. The van der Waals surface area contributed by atoms with E-state index in [2.05, 4.69) is 12.2 Å². The van der Waals surface area contributed by atoms with E-state index in [1.165, 1.54) is 12.8 Å². The summed E-state index contributed by atoms with van der Waals surface area (Å²) < 4.78 is 0. The van der Waals surface area contributed by atoms with Crippen LogP contribution in [0.25, 0.3) is 0 Å². The van der Waals surface area contributed by atoms with E-state index in [9.17, 15) is 4.79 Å². The lowest BCUT2D eigenvalue weighted by Gasteiger charge is -2.06. The highest BCUT2D eigenvalue weighted by Gasteiger charge is 2.06. The van der Waals surface area contributed by atoms with Crippen molar-refractivity contribution in [1.29, 1.82) is 0 Å². The van der Waals surface area contributed by atoms with Gasteiger partial charge < -0.3 is 16.8 Å². The van der Waals surface area contributed by atoms with E-state index in [1.807, 2.05) is 0 Å². The average Bonchev–Trinajstić information content (AvgIpc) is 2.32. The molecule has 0 atom stereocenters. The maximum Gasteiger partial charge on any atom is 0.251 e. The number of carbonyl (C=O) groups excluding carboxylic acids is 1. The molecular formula is C13H23Cl2N3O. The van der Waals surface area contributed by atoms with Gasteiger partial charge >= 0.3 is 0 Å². The van der Waals surface area contributed by atoms with Crippen molar-refractivity contribution < 1.29 is 4.79 Å². The molecule has 0 radical (unpaired) electrons. The summed E-state index contributed by atoms with van der Waals surface area (Å²) in [5.74, 6) is -0.0896. The van der Waals surface area contributed by atoms with E-state index in [0.29, 0.717) is 23.5 Å². The molecule has 0 heterocycles. The molecule has 0 spiro atoms. The summed E-state index contributed by atoms with van der Waals surface area (Å²) in [7, 11) is 0. The summed E-state index contributed by atoms with van der Waals surface area (Å²) >= 11 is 0. The van der Waals surface area contributed by atoms with Crippen molar-refractivity contribution in [3.63, 3.8) is 0 Å². The molecule has 0 saturated heterocycles. The third-order valence-corrected chi connectivity index (χ3v) is 2.66. The Morgan fingerprint density at radius 1 is 1.11 bits per heavy atom. The summed E-state index contributed by atoms with van der Waals surface area (Å²) in [5.41, 5.74) is 12.7. The highest BCUT2D eigenvalue weighted by atomic mass is 35.5. The van der Waals surface area contributed by atoms with E-state index in [4.69, 9.17) is 11.5 Å². The van der Waals surface area contributed by atoms with Crippen molar-refractivity contribution in [3.05, 3.63) is 23.8 Å². The van der Waals surface area contributed by atoms with E-state index in [0.717, 1.165) is 12.8 Å². The molecule has 1 aromatic carbocycles. The van der Waals surface area contributed by atoms with Crippen LogP contribution in [0.5, 0.6) is 0 Å². The van der Waals surface area contributed by atoms with Gasteiger partial charge in [0.05, 0.1) is 11.4 Å². The number of anilines is 2. The molecule has 0 aliphatic heterocycles. The second-order valence-electron chi connectivity index (χ2n) is 4.16. The largest absolute Gasteiger partial charge is 0.397 e. The molecule has 1 aromatic rings. The summed E-state index contributed by atoms with van der Waals surface area (Å²) in [6, 6.07) is 4.95. The number of halogens is 2. The predicted molar refractivity (Wildman–Crippen MR) is 86.2 cm³/mol. The molecule has 0 bridgehead atoms. The molecule has 1 rings (SSSR count). The summed E-state index contributed by atoms with van der Waals surface area (Å²) in [6.45, 7) is 2.87. The number of amides is 1. The van der Waals surface area contributed by atoms with Gasteiger partial charge in [-0.1, -0.05) is 26.2 Å². The van der Waals surface area contributed by atoms with Gasteiger partial charge in [0.2, 0.25) is 0 Å². The topological polar surface area (TPSA) is 81.1 Å².